The summed E-state index contributed by atoms with van der Waals surface area (Å²) in [6.07, 6.45) is 3.31. The van der Waals surface area contributed by atoms with Gasteiger partial charge < -0.3 is 14.7 Å². The molecule has 1 aromatic heterocycles. The Morgan fingerprint density at radius 1 is 1.03 bits per heavy atom. The average Bonchev–Trinajstić information content (AvgIpc) is 3.00. The van der Waals surface area contributed by atoms with Crippen LogP contribution in [0, 0.1) is 5.82 Å². The van der Waals surface area contributed by atoms with Crippen molar-refractivity contribution in [3.63, 3.8) is 0 Å². The Bertz CT molecular complexity index is 1050. The third-order valence-electron chi connectivity index (χ3n) is 4.99. The molecular formula is C23H19FN2O3. The first-order chi connectivity index (χ1) is 14.1. The van der Waals surface area contributed by atoms with Crippen LogP contribution in [-0.2, 0) is 11.3 Å². The minimum Gasteiger partial charge on any atom is -0.503 e. The number of halogens is 1. The maximum absolute atomic E-state index is 13.5. The van der Waals surface area contributed by atoms with Gasteiger partial charge in [-0.25, -0.2) is 4.39 Å². The zero-order valence-electron chi connectivity index (χ0n) is 15.7. The minimum absolute atomic E-state index is 0.285. The van der Waals surface area contributed by atoms with Crippen molar-refractivity contribution < 1.29 is 19.0 Å². The molecule has 0 saturated heterocycles. The van der Waals surface area contributed by atoms with Crippen LogP contribution in [0.1, 0.15) is 22.7 Å². The third kappa shape index (κ3) is 3.57. The Morgan fingerprint density at radius 3 is 2.31 bits per heavy atom. The molecule has 3 aromatic rings. The van der Waals surface area contributed by atoms with Gasteiger partial charge in [-0.3, -0.25) is 9.78 Å². The van der Waals surface area contributed by atoms with Gasteiger partial charge in [-0.1, -0.05) is 24.3 Å². The summed E-state index contributed by atoms with van der Waals surface area (Å²) in [4.78, 5) is 18.6. The van der Waals surface area contributed by atoms with E-state index in [2.05, 4.69) is 4.98 Å². The van der Waals surface area contributed by atoms with E-state index in [0.717, 1.165) is 5.56 Å². The molecule has 0 aliphatic carbocycles. The molecule has 1 atom stereocenters. The van der Waals surface area contributed by atoms with E-state index in [1.165, 1.54) is 12.1 Å². The standard InChI is InChI=1S/C23H19FN2O3/c1-29-19-8-4-16(5-9-19)20-21(17-2-6-18(24)7-3-17)26(23(28)22(20)27)14-15-10-12-25-13-11-15/h2-13,21,27H,14H2,1H3/t21-/m1/s1. The van der Waals surface area contributed by atoms with Crippen LogP contribution in [0.15, 0.2) is 78.8 Å². The Labute approximate surface area is 167 Å². The van der Waals surface area contributed by atoms with Crippen molar-refractivity contribution in [1.82, 2.24) is 9.88 Å². The van der Waals surface area contributed by atoms with Gasteiger partial charge in [0.1, 0.15) is 11.6 Å². The molecule has 2 heterocycles. The zero-order chi connectivity index (χ0) is 20.4. The fraction of sp³-hybridized carbons (Fsp3) is 0.130. The first-order valence-corrected chi connectivity index (χ1v) is 9.11. The number of rotatable bonds is 5. The number of aromatic nitrogens is 1. The molecule has 5 nitrogen and oxygen atoms in total. The SMILES string of the molecule is COc1ccc(C2=C(O)C(=O)N(Cc3ccncc3)[C@@H]2c2ccc(F)cc2)cc1. The van der Waals surface area contributed by atoms with E-state index in [-0.39, 0.29) is 18.1 Å². The fourth-order valence-electron chi connectivity index (χ4n) is 3.56. The van der Waals surface area contributed by atoms with Crippen LogP contribution < -0.4 is 4.74 Å². The smallest absolute Gasteiger partial charge is 0.290 e. The number of hydrogen-bond donors (Lipinski definition) is 1. The molecule has 0 spiro atoms. The van der Waals surface area contributed by atoms with E-state index >= 15 is 0 Å². The molecule has 6 heteroatoms. The zero-order valence-corrected chi connectivity index (χ0v) is 15.7. The normalized spacial score (nSPS) is 16.4. The highest BCUT2D eigenvalue weighted by Gasteiger charge is 2.41. The Balaban J connectivity index is 1.80. The van der Waals surface area contributed by atoms with Gasteiger partial charge in [0.2, 0.25) is 0 Å². The van der Waals surface area contributed by atoms with Crippen LogP contribution in [0.2, 0.25) is 0 Å². The summed E-state index contributed by atoms with van der Waals surface area (Å²) in [5, 5.41) is 10.7. The number of nitrogens with zero attached hydrogens (tertiary/aromatic N) is 2. The highest BCUT2D eigenvalue weighted by atomic mass is 19.1. The predicted octanol–water partition coefficient (Wildman–Crippen LogP) is 4.28. The van der Waals surface area contributed by atoms with Crippen LogP contribution in [0.4, 0.5) is 4.39 Å². The lowest BCUT2D eigenvalue weighted by atomic mass is 9.93. The molecule has 0 fully saturated rings. The largest absolute Gasteiger partial charge is 0.503 e. The number of benzene rings is 2. The Morgan fingerprint density at radius 2 is 1.69 bits per heavy atom. The number of carbonyl (C=O) groups is 1. The summed E-state index contributed by atoms with van der Waals surface area (Å²) in [7, 11) is 1.57. The molecule has 2 aromatic carbocycles. The van der Waals surface area contributed by atoms with Gasteiger partial charge in [0.25, 0.3) is 5.91 Å². The van der Waals surface area contributed by atoms with Crippen LogP contribution >= 0.6 is 0 Å². The highest BCUT2D eigenvalue weighted by Crippen LogP contribution is 2.44. The van der Waals surface area contributed by atoms with Gasteiger partial charge >= 0.3 is 0 Å². The number of amides is 1. The van der Waals surface area contributed by atoms with E-state index in [9.17, 15) is 14.3 Å². The van der Waals surface area contributed by atoms with Gasteiger partial charge in [0.05, 0.1) is 13.2 Å². The molecule has 0 bridgehead atoms. The maximum Gasteiger partial charge on any atom is 0.290 e. The minimum atomic E-state index is -0.551. The summed E-state index contributed by atoms with van der Waals surface area (Å²) >= 11 is 0. The second-order valence-electron chi connectivity index (χ2n) is 6.73. The summed E-state index contributed by atoms with van der Waals surface area (Å²) in [5.74, 6) is -0.469. The molecule has 29 heavy (non-hydrogen) atoms. The number of hydrogen-bond acceptors (Lipinski definition) is 4. The van der Waals surface area contributed by atoms with Crippen LogP contribution in [0.3, 0.4) is 0 Å². The molecule has 0 saturated carbocycles. The fourth-order valence-corrected chi connectivity index (χ4v) is 3.56. The second kappa shape index (κ2) is 7.75. The number of pyridine rings is 1. The Kier molecular flexibility index (Phi) is 4.99. The molecule has 146 valence electrons. The summed E-state index contributed by atoms with van der Waals surface area (Å²) in [5.41, 5.74) is 2.77. The van der Waals surface area contributed by atoms with E-state index < -0.39 is 11.9 Å². The molecule has 1 amide bonds. The summed E-state index contributed by atoms with van der Waals surface area (Å²) in [6, 6.07) is 16.2. The van der Waals surface area contributed by atoms with Gasteiger partial charge in [0, 0.05) is 24.5 Å². The summed E-state index contributed by atoms with van der Waals surface area (Å²) in [6.45, 7) is 0.285. The van der Waals surface area contributed by atoms with Crippen molar-refractivity contribution in [3.8, 4) is 5.75 Å². The van der Waals surface area contributed by atoms with E-state index in [4.69, 9.17) is 4.74 Å². The molecule has 1 aliphatic heterocycles. The van der Waals surface area contributed by atoms with Gasteiger partial charge in [-0.15, -0.1) is 0 Å². The molecular weight excluding hydrogens is 371 g/mol. The number of aliphatic hydroxyl groups is 1. The topological polar surface area (TPSA) is 62.7 Å². The van der Waals surface area contributed by atoms with Crippen molar-refractivity contribution in [3.05, 3.63) is 101 Å². The quantitative estimate of drug-likeness (QED) is 0.706. The molecule has 1 aliphatic rings. The monoisotopic (exact) mass is 390 g/mol. The van der Waals surface area contributed by atoms with Gasteiger partial charge in [0.15, 0.2) is 5.76 Å². The highest BCUT2D eigenvalue weighted by molar-refractivity contribution is 6.05. The van der Waals surface area contributed by atoms with E-state index in [1.54, 1.807) is 60.8 Å². The lowest BCUT2D eigenvalue weighted by molar-refractivity contribution is -0.130. The third-order valence-corrected chi connectivity index (χ3v) is 4.99. The maximum atomic E-state index is 13.5. The first-order valence-electron chi connectivity index (χ1n) is 9.11. The lowest BCUT2D eigenvalue weighted by Gasteiger charge is -2.27. The van der Waals surface area contributed by atoms with Crippen molar-refractivity contribution >= 4 is 11.5 Å². The number of carbonyl (C=O) groups excluding carboxylic acids is 1. The van der Waals surface area contributed by atoms with Crippen LogP contribution in [-0.4, -0.2) is 28.0 Å². The number of methoxy groups -OCH3 is 1. The van der Waals surface area contributed by atoms with Crippen molar-refractivity contribution in [2.75, 3.05) is 7.11 Å². The number of aliphatic hydroxyl groups excluding tert-OH is 1. The first kappa shape index (κ1) is 18.7. The predicted molar refractivity (Wildman–Crippen MR) is 106 cm³/mol. The molecule has 0 unspecified atom stereocenters. The van der Waals surface area contributed by atoms with Crippen molar-refractivity contribution in [1.29, 1.82) is 0 Å². The lowest BCUT2D eigenvalue weighted by Crippen LogP contribution is -2.29. The van der Waals surface area contributed by atoms with Crippen LogP contribution in [0.25, 0.3) is 5.57 Å². The van der Waals surface area contributed by atoms with E-state index in [1.807, 2.05) is 12.1 Å². The Hall–Kier alpha value is -3.67. The van der Waals surface area contributed by atoms with Crippen molar-refractivity contribution in [2.24, 2.45) is 0 Å². The van der Waals surface area contributed by atoms with Gasteiger partial charge in [-0.2, -0.15) is 0 Å². The molecule has 1 N–H and O–H groups in total. The average molecular weight is 390 g/mol. The number of ether oxygens (including phenoxy) is 1. The van der Waals surface area contributed by atoms with E-state index in [0.29, 0.717) is 22.4 Å². The van der Waals surface area contributed by atoms with Crippen LogP contribution in [0.5, 0.6) is 5.75 Å². The van der Waals surface area contributed by atoms with Crippen molar-refractivity contribution in [2.45, 2.75) is 12.6 Å². The molecule has 0 radical (unpaired) electrons. The second-order valence-corrected chi connectivity index (χ2v) is 6.73. The summed E-state index contributed by atoms with van der Waals surface area (Å²) < 4.78 is 18.7. The molecule has 4 rings (SSSR count). The van der Waals surface area contributed by atoms with Gasteiger partial charge in [-0.05, 0) is 53.1 Å².